The van der Waals surface area contributed by atoms with Crippen LogP contribution in [0.3, 0.4) is 0 Å². The number of fused-ring (bicyclic) bond motifs is 1. The van der Waals surface area contributed by atoms with Crippen molar-refractivity contribution < 1.29 is 8.78 Å². The molecule has 0 atom stereocenters. The number of hydrogen-bond acceptors (Lipinski definition) is 2. The summed E-state index contributed by atoms with van der Waals surface area (Å²) in [5.74, 6) is 1.18. The van der Waals surface area contributed by atoms with E-state index in [2.05, 4.69) is 17.1 Å². The van der Waals surface area contributed by atoms with Gasteiger partial charge in [-0.1, -0.05) is 24.3 Å². The summed E-state index contributed by atoms with van der Waals surface area (Å²) in [6.45, 7) is 1.70. The van der Waals surface area contributed by atoms with Crippen LogP contribution >= 0.6 is 0 Å². The first-order chi connectivity index (χ1) is 13.5. The Labute approximate surface area is 159 Å². The standard InChI is InChI=1S/C22H15F2N3O/c1-15-21(28)18(11-17-7-8-19(23)20(24)12-17)13-27-22(15)26(14-25-27)10-9-16-5-3-2-4-6-16/h2-8,12-14H,11H2,1H3. The summed E-state index contributed by atoms with van der Waals surface area (Å²) in [6, 6.07) is 16.1. The molecule has 4 rings (SSSR count). The lowest BCUT2D eigenvalue weighted by molar-refractivity contribution is 0.507. The lowest BCUT2D eigenvalue weighted by Gasteiger charge is -2.06. The molecular formula is C22H15F2N3O. The van der Waals surface area contributed by atoms with Gasteiger partial charge in [0.25, 0.3) is 0 Å². The van der Waals surface area contributed by atoms with E-state index >= 15 is 0 Å². The van der Waals surface area contributed by atoms with Crippen LogP contribution in [0.25, 0.3) is 5.65 Å². The number of aromatic nitrogens is 3. The number of halogens is 2. The smallest absolute Gasteiger partial charge is 0.190 e. The van der Waals surface area contributed by atoms with Crippen molar-refractivity contribution in [2.75, 3.05) is 0 Å². The zero-order valence-electron chi connectivity index (χ0n) is 15.0. The molecule has 0 N–H and O–H groups in total. The zero-order valence-corrected chi connectivity index (χ0v) is 15.0. The number of hydrogen-bond donors (Lipinski definition) is 0. The third-order valence-corrected chi connectivity index (χ3v) is 4.46. The summed E-state index contributed by atoms with van der Waals surface area (Å²) in [5, 5.41) is 4.27. The Morgan fingerprint density at radius 2 is 1.86 bits per heavy atom. The van der Waals surface area contributed by atoms with Gasteiger partial charge in [0.05, 0.1) is 0 Å². The van der Waals surface area contributed by atoms with Crippen LogP contribution < -0.4 is 5.43 Å². The summed E-state index contributed by atoms with van der Waals surface area (Å²) < 4.78 is 29.8. The van der Waals surface area contributed by atoms with Crippen LogP contribution in [0.15, 0.2) is 65.8 Å². The summed E-state index contributed by atoms with van der Waals surface area (Å²) in [5.41, 5.74) is 2.70. The fourth-order valence-corrected chi connectivity index (χ4v) is 3.05. The van der Waals surface area contributed by atoms with Crippen molar-refractivity contribution in [3.63, 3.8) is 0 Å². The minimum atomic E-state index is -0.934. The maximum absolute atomic E-state index is 13.5. The van der Waals surface area contributed by atoms with E-state index < -0.39 is 11.6 Å². The zero-order chi connectivity index (χ0) is 19.7. The second-order valence-corrected chi connectivity index (χ2v) is 6.41. The lowest BCUT2D eigenvalue weighted by atomic mass is 10.0. The minimum absolute atomic E-state index is 0.173. The highest BCUT2D eigenvalue weighted by atomic mass is 19.2. The average Bonchev–Trinajstić information content (AvgIpc) is 3.11. The van der Waals surface area contributed by atoms with Gasteiger partial charge in [-0.2, -0.15) is 5.10 Å². The molecular weight excluding hydrogens is 360 g/mol. The van der Waals surface area contributed by atoms with Gasteiger partial charge in [-0.3, -0.25) is 4.79 Å². The summed E-state index contributed by atoms with van der Waals surface area (Å²) in [7, 11) is 0. The highest BCUT2D eigenvalue weighted by Crippen LogP contribution is 2.14. The number of benzene rings is 2. The van der Waals surface area contributed by atoms with Crippen LogP contribution in [0.5, 0.6) is 0 Å². The van der Waals surface area contributed by atoms with Crippen LogP contribution in [0.2, 0.25) is 0 Å². The fourth-order valence-electron chi connectivity index (χ4n) is 3.05. The highest BCUT2D eigenvalue weighted by Gasteiger charge is 2.13. The number of aryl methyl sites for hydroxylation is 1. The minimum Gasteiger partial charge on any atom is -0.289 e. The van der Waals surface area contributed by atoms with Gasteiger partial charge in [-0.25, -0.2) is 17.9 Å². The van der Waals surface area contributed by atoms with Crippen molar-refractivity contribution in [1.82, 2.24) is 14.2 Å². The van der Waals surface area contributed by atoms with Crippen LogP contribution in [0, 0.1) is 30.5 Å². The van der Waals surface area contributed by atoms with Gasteiger partial charge in [0, 0.05) is 35.4 Å². The van der Waals surface area contributed by atoms with Crippen molar-refractivity contribution in [2.24, 2.45) is 0 Å². The molecule has 28 heavy (non-hydrogen) atoms. The summed E-state index contributed by atoms with van der Waals surface area (Å²) in [6.07, 6.45) is 3.33. The summed E-state index contributed by atoms with van der Waals surface area (Å²) >= 11 is 0. The Bertz CT molecular complexity index is 1290. The lowest BCUT2D eigenvalue weighted by Crippen LogP contribution is -2.16. The predicted octanol–water partition coefficient (Wildman–Crippen LogP) is 3.53. The predicted molar refractivity (Wildman–Crippen MR) is 102 cm³/mol. The Balaban J connectivity index is 1.74. The number of pyridine rings is 1. The molecule has 2 heterocycles. The van der Waals surface area contributed by atoms with Gasteiger partial charge in [0.2, 0.25) is 0 Å². The largest absolute Gasteiger partial charge is 0.289 e. The van der Waals surface area contributed by atoms with Crippen molar-refractivity contribution in [2.45, 2.75) is 13.3 Å². The van der Waals surface area contributed by atoms with Crippen LogP contribution in [-0.4, -0.2) is 14.2 Å². The second-order valence-electron chi connectivity index (χ2n) is 6.41. The molecule has 4 nitrogen and oxygen atoms in total. The molecule has 0 saturated carbocycles. The monoisotopic (exact) mass is 375 g/mol. The number of nitrogens with zero attached hydrogens (tertiary/aromatic N) is 3. The molecule has 0 fully saturated rings. The van der Waals surface area contributed by atoms with Gasteiger partial charge < -0.3 is 0 Å². The molecule has 0 aliphatic heterocycles. The third-order valence-electron chi connectivity index (χ3n) is 4.46. The van der Waals surface area contributed by atoms with E-state index in [0.29, 0.717) is 22.3 Å². The Hall–Kier alpha value is -3.72. The van der Waals surface area contributed by atoms with E-state index in [0.717, 1.165) is 17.7 Å². The van der Waals surface area contributed by atoms with Gasteiger partial charge in [0.15, 0.2) is 22.7 Å². The van der Waals surface area contributed by atoms with Crippen LogP contribution in [-0.2, 0) is 6.42 Å². The second kappa shape index (κ2) is 7.12. The third kappa shape index (κ3) is 3.30. The van der Waals surface area contributed by atoms with Gasteiger partial charge in [0.1, 0.15) is 6.33 Å². The molecule has 0 unspecified atom stereocenters. The van der Waals surface area contributed by atoms with Crippen LogP contribution in [0.4, 0.5) is 8.78 Å². The Morgan fingerprint density at radius 1 is 1.07 bits per heavy atom. The first-order valence-corrected chi connectivity index (χ1v) is 8.62. The van der Waals surface area contributed by atoms with E-state index in [1.165, 1.54) is 6.07 Å². The van der Waals surface area contributed by atoms with E-state index in [1.807, 2.05) is 30.3 Å². The van der Waals surface area contributed by atoms with Crippen molar-refractivity contribution >= 4 is 5.65 Å². The van der Waals surface area contributed by atoms with Gasteiger partial charge in [-0.05, 0) is 42.7 Å². The molecule has 0 amide bonds. The van der Waals surface area contributed by atoms with E-state index in [4.69, 9.17) is 0 Å². The Kier molecular flexibility index (Phi) is 4.50. The van der Waals surface area contributed by atoms with E-state index in [1.54, 1.807) is 28.5 Å². The molecule has 138 valence electrons. The molecule has 4 aromatic rings. The van der Waals surface area contributed by atoms with Gasteiger partial charge >= 0.3 is 0 Å². The van der Waals surface area contributed by atoms with Crippen molar-refractivity contribution in [1.29, 1.82) is 0 Å². The quantitative estimate of drug-likeness (QED) is 0.503. The molecule has 6 heteroatoms. The normalized spacial score (nSPS) is 10.7. The topological polar surface area (TPSA) is 39.3 Å². The molecule has 0 radical (unpaired) electrons. The molecule has 0 aliphatic rings. The summed E-state index contributed by atoms with van der Waals surface area (Å²) in [4.78, 5) is 12.8. The fraction of sp³-hybridized carbons (Fsp3) is 0.0909. The van der Waals surface area contributed by atoms with E-state index in [9.17, 15) is 13.6 Å². The Morgan fingerprint density at radius 3 is 2.61 bits per heavy atom. The first kappa shape index (κ1) is 17.7. The van der Waals surface area contributed by atoms with Crippen LogP contribution in [0.1, 0.15) is 22.3 Å². The maximum Gasteiger partial charge on any atom is 0.190 e. The molecule has 2 aromatic heterocycles. The molecule has 2 aromatic carbocycles. The highest BCUT2D eigenvalue weighted by molar-refractivity contribution is 5.52. The molecule has 0 spiro atoms. The number of rotatable bonds is 2. The van der Waals surface area contributed by atoms with Gasteiger partial charge in [-0.15, -0.1) is 0 Å². The van der Waals surface area contributed by atoms with Crippen molar-refractivity contribution in [3.8, 4) is 12.0 Å². The average molecular weight is 375 g/mol. The van der Waals surface area contributed by atoms with Crippen molar-refractivity contribution in [3.05, 3.63) is 105 Å². The van der Waals surface area contributed by atoms with E-state index in [-0.39, 0.29) is 11.8 Å². The molecule has 0 aliphatic carbocycles. The maximum atomic E-state index is 13.5. The molecule has 0 bridgehead atoms. The SMILES string of the molecule is Cc1c(=O)c(Cc2ccc(F)c(F)c2)cn2ncn(C#Cc3ccccc3)c12. The first-order valence-electron chi connectivity index (χ1n) is 8.62. The molecule has 0 saturated heterocycles.